The Morgan fingerprint density at radius 2 is 1.05 bits per heavy atom. The number of nitrogens with one attached hydrogen (secondary N) is 4. The lowest BCUT2D eigenvalue weighted by Gasteiger charge is -2.19. The summed E-state index contributed by atoms with van der Waals surface area (Å²) in [6, 6.07) is 35.4. The van der Waals surface area contributed by atoms with Crippen LogP contribution >= 0.6 is 0 Å². The van der Waals surface area contributed by atoms with Crippen LogP contribution in [0.3, 0.4) is 0 Å². The van der Waals surface area contributed by atoms with Gasteiger partial charge in [-0.15, -0.1) is 0 Å². The molecule has 3 aliphatic rings. The summed E-state index contributed by atoms with van der Waals surface area (Å²) in [7, 11) is 1.36. The summed E-state index contributed by atoms with van der Waals surface area (Å²) >= 11 is 0. The third-order valence-electron chi connectivity index (χ3n) is 10.7. The molecule has 0 saturated carbocycles. The average molecular weight is 882 g/mol. The third-order valence-corrected chi connectivity index (χ3v) is 10.7. The van der Waals surface area contributed by atoms with Gasteiger partial charge in [-0.1, -0.05) is 66.7 Å². The lowest BCUT2D eigenvalue weighted by atomic mass is 10.1. The van der Waals surface area contributed by atoms with Crippen molar-refractivity contribution < 1.29 is 43.3 Å². The molecule has 0 saturated heterocycles. The number of phenolic OH excluding ortho intramolecular Hbond substituents is 1. The van der Waals surface area contributed by atoms with Crippen LogP contribution in [0.5, 0.6) is 17.2 Å². The second-order valence-corrected chi connectivity index (χ2v) is 14.5. The zero-order valence-corrected chi connectivity index (χ0v) is 34.9. The van der Waals surface area contributed by atoms with E-state index in [-0.39, 0.29) is 69.1 Å². The van der Waals surface area contributed by atoms with Crippen molar-refractivity contribution in [2.45, 2.75) is 6.92 Å². The fourth-order valence-electron chi connectivity index (χ4n) is 7.64. The number of fused-ring (bicyclic) bond motifs is 3. The second-order valence-electron chi connectivity index (χ2n) is 14.5. The van der Waals surface area contributed by atoms with Gasteiger partial charge in [0.25, 0.3) is 35.4 Å². The van der Waals surface area contributed by atoms with Gasteiger partial charge < -0.3 is 19.9 Å². The van der Waals surface area contributed by atoms with Gasteiger partial charge in [-0.05, 0) is 73.7 Å². The molecule has 3 aliphatic heterocycles. The Balaban J connectivity index is 0.982. The monoisotopic (exact) mass is 881 g/mol. The first-order valence-corrected chi connectivity index (χ1v) is 20.2. The quantitative estimate of drug-likeness (QED) is 0.103. The van der Waals surface area contributed by atoms with E-state index in [2.05, 4.69) is 36.9 Å². The minimum absolute atomic E-state index is 0.0204. The Morgan fingerprint density at radius 1 is 0.576 bits per heavy atom. The predicted molar refractivity (Wildman–Crippen MR) is 243 cm³/mol. The van der Waals surface area contributed by atoms with Crippen molar-refractivity contribution in [3.63, 3.8) is 0 Å². The van der Waals surface area contributed by atoms with Gasteiger partial charge in [-0.3, -0.25) is 38.6 Å². The van der Waals surface area contributed by atoms with Crippen LogP contribution < -0.4 is 40.9 Å². The van der Waals surface area contributed by atoms with E-state index in [1.54, 1.807) is 104 Å². The molecule has 0 fully saturated rings. The number of ether oxygens (including phenoxy) is 2. The molecule has 6 aromatic rings. The highest BCUT2D eigenvalue weighted by atomic mass is 16.5. The summed E-state index contributed by atoms with van der Waals surface area (Å²) < 4.78 is 11.3. The fraction of sp³-hybridized carbons (Fsp3) is 0.0625. The number of carbonyl (C=O) groups excluding carboxylic acids is 6. The van der Waals surface area contributed by atoms with Gasteiger partial charge in [0.05, 0.1) is 58.8 Å². The number of rotatable bonds is 11. The van der Waals surface area contributed by atoms with Crippen molar-refractivity contribution in [1.29, 1.82) is 0 Å². The normalized spacial score (nSPS) is 15.4. The van der Waals surface area contributed by atoms with Crippen molar-refractivity contribution in [2.24, 2.45) is 15.3 Å². The number of benzene rings is 6. The maximum absolute atomic E-state index is 14.3. The fourth-order valence-corrected chi connectivity index (χ4v) is 7.64. The van der Waals surface area contributed by atoms with Crippen molar-refractivity contribution in [2.75, 3.05) is 28.8 Å². The number of anilines is 5. The lowest BCUT2D eigenvalue weighted by Crippen LogP contribution is -2.30. The van der Waals surface area contributed by atoms with Gasteiger partial charge >= 0.3 is 0 Å². The smallest absolute Gasteiger partial charge is 0.283 e. The highest BCUT2D eigenvalue weighted by Gasteiger charge is 2.38. The van der Waals surface area contributed by atoms with Gasteiger partial charge in [0.2, 0.25) is 0 Å². The van der Waals surface area contributed by atoms with Crippen molar-refractivity contribution >= 4 is 81.0 Å². The van der Waals surface area contributed by atoms with Crippen LogP contribution in [-0.4, -0.2) is 71.4 Å². The molecule has 0 radical (unpaired) electrons. The highest BCUT2D eigenvalue weighted by molar-refractivity contribution is 6.56. The Labute approximate surface area is 374 Å². The van der Waals surface area contributed by atoms with Crippen molar-refractivity contribution in [3.05, 3.63) is 167 Å². The second kappa shape index (κ2) is 17.4. The number of aromatic hydroxyl groups is 1. The summed E-state index contributed by atoms with van der Waals surface area (Å²) in [5, 5.41) is 25.4. The summed E-state index contributed by atoms with van der Waals surface area (Å²) in [5.74, 6) is -3.89. The van der Waals surface area contributed by atoms with E-state index in [1.165, 1.54) is 53.3 Å². The number of methoxy groups -OCH3 is 1. The number of hydrazone groups is 3. The molecule has 326 valence electrons. The molecule has 0 bridgehead atoms. The van der Waals surface area contributed by atoms with E-state index >= 15 is 0 Å². The Morgan fingerprint density at radius 3 is 1.61 bits per heavy atom. The zero-order valence-electron chi connectivity index (χ0n) is 34.9. The van der Waals surface area contributed by atoms with Crippen molar-refractivity contribution in [3.8, 4) is 17.2 Å². The van der Waals surface area contributed by atoms with Gasteiger partial charge in [-0.2, -0.15) is 15.3 Å². The Bertz CT molecular complexity index is 3160. The van der Waals surface area contributed by atoms with Crippen LogP contribution in [0.2, 0.25) is 0 Å². The summed E-state index contributed by atoms with van der Waals surface area (Å²) in [5.41, 5.74) is 10.2. The number of carbonyl (C=O) groups is 6. The summed E-state index contributed by atoms with van der Waals surface area (Å²) in [6.07, 6.45) is 0. The summed E-state index contributed by atoms with van der Waals surface area (Å²) in [4.78, 5) is 84.2. The van der Waals surface area contributed by atoms with Crippen LogP contribution in [0.4, 0.5) is 28.4 Å². The number of phenols is 1. The molecule has 18 heteroatoms. The van der Waals surface area contributed by atoms with E-state index in [1.807, 2.05) is 0 Å². The van der Waals surface area contributed by atoms with Gasteiger partial charge in [0, 0.05) is 16.7 Å². The van der Waals surface area contributed by atoms with Crippen LogP contribution in [0.25, 0.3) is 0 Å². The molecule has 6 amide bonds. The first kappa shape index (κ1) is 41.9. The highest BCUT2D eigenvalue weighted by Crippen LogP contribution is 2.39. The average Bonchev–Trinajstić information content (AvgIpc) is 3.92. The molecule has 0 unspecified atom stereocenters. The van der Waals surface area contributed by atoms with Crippen LogP contribution in [0.1, 0.15) is 54.7 Å². The number of para-hydroxylation sites is 4. The number of hydrogen-bond acceptors (Lipinski definition) is 12. The molecule has 6 aromatic carbocycles. The molecule has 0 spiro atoms. The van der Waals surface area contributed by atoms with Crippen LogP contribution in [0, 0.1) is 0 Å². The molecule has 0 aromatic heterocycles. The molecule has 0 atom stereocenters. The molecule has 18 nitrogen and oxygen atoms in total. The van der Waals surface area contributed by atoms with Gasteiger partial charge in [0.15, 0.2) is 17.1 Å². The van der Waals surface area contributed by atoms with E-state index in [0.717, 1.165) is 0 Å². The first-order valence-electron chi connectivity index (χ1n) is 20.2. The van der Waals surface area contributed by atoms with E-state index in [9.17, 15) is 33.9 Å². The molecule has 66 heavy (non-hydrogen) atoms. The largest absolute Gasteiger partial charge is 0.507 e. The van der Waals surface area contributed by atoms with E-state index in [0.29, 0.717) is 33.8 Å². The van der Waals surface area contributed by atoms with Gasteiger partial charge in [0.1, 0.15) is 17.2 Å². The van der Waals surface area contributed by atoms with Crippen molar-refractivity contribution in [1.82, 2.24) is 16.3 Å². The summed E-state index contributed by atoms with van der Waals surface area (Å²) in [6.45, 7) is 1.97. The van der Waals surface area contributed by atoms with Gasteiger partial charge in [-0.25, -0.2) is 16.3 Å². The molecule has 0 aliphatic carbocycles. The SMILES string of the molecule is CCOc1ccc(N2C(=O)/C(=N/NC(=O)c3cc(N4C(=O)/C(=N/NC(=O)c5ccccc5O)c5ccccc54)ccc3OC)c3ccccc32)cc1C(=O)N/N=C1/C(=O)Nc2ccccc21. The van der Waals surface area contributed by atoms with Crippen LogP contribution in [-0.2, 0) is 14.4 Å². The maximum atomic E-state index is 14.3. The Kier molecular flexibility index (Phi) is 11.0. The number of amides is 6. The molecular formula is C48H35N9O9. The number of nitrogens with zero attached hydrogens (tertiary/aromatic N) is 5. The minimum atomic E-state index is -0.783. The first-order chi connectivity index (χ1) is 32.1. The lowest BCUT2D eigenvalue weighted by molar-refractivity contribution is -0.112. The molecular weight excluding hydrogens is 847 g/mol. The van der Waals surface area contributed by atoms with E-state index in [4.69, 9.17) is 9.47 Å². The maximum Gasteiger partial charge on any atom is 0.283 e. The van der Waals surface area contributed by atoms with Crippen LogP contribution in [0.15, 0.2) is 149 Å². The predicted octanol–water partition coefficient (Wildman–Crippen LogP) is 5.51. The molecule has 3 heterocycles. The molecule has 5 N–H and O–H groups in total. The molecule has 9 rings (SSSR count). The standard InChI is InChI=1S/C48H35N9O9/c1-3-66-39-23-21-27(25-33(39)45(61)54-50-40-28-12-4-8-16-34(28)49-46(40)62)57-36-18-10-6-14-30(36)42(48(57)64)52-55-44(60)32-24-26(20-22-38(32)65-2)56-35-17-9-5-13-29(35)41(47(56)63)51-53-43(59)31-15-7-11-19-37(31)58/h4-25,58H,3H2,1-2H3,(H,53,59)(H,54,61)(H,55,60)(H,49,50,62)/b51-41+,52-42+. The minimum Gasteiger partial charge on any atom is -0.507 e. The topological polar surface area (TPSA) is 233 Å². The Hall–Kier alpha value is -9.45. The van der Waals surface area contributed by atoms with E-state index < -0.39 is 35.4 Å². The third kappa shape index (κ3) is 7.49. The number of hydrogen-bond donors (Lipinski definition) is 5. The zero-order chi connectivity index (χ0) is 46.1.